The van der Waals surface area contributed by atoms with Crippen LogP contribution in [0, 0.1) is 13.8 Å². The highest BCUT2D eigenvalue weighted by Crippen LogP contribution is 2.24. The Bertz CT molecular complexity index is 609. The first kappa shape index (κ1) is 11.7. The summed E-state index contributed by atoms with van der Waals surface area (Å²) in [6.07, 6.45) is 0.103. The van der Waals surface area contributed by atoms with E-state index in [-0.39, 0.29) is 11.7 Å². The van der Waals surface area contributed by atoms with Crippen LogP contribution in [0.5, 0.6) is 5.75 Å². The molecule has 0 radical (unpaired) electrons. The van der Waals surface area contributed by atoms with Crippen LogP contribution in [0.2, 0.25) is 0 Å². The monoisotopic (exact) mass is 232 g/mol. The van der Waals surface area contributed by atoms with Gasteiger partial charge in [0.1, 0.15) is 11.3 Å². The Labute approximate surface area is 100 Å². The Kier molecular flexibility index (Phi) is 2.92. The third-order valence-corrected chi connectivity index (χ3v) is 2.80. The van der Waals surface area contributed by atoms with Crippen LogP contribution in [0.1, 0.15) is 25.0 Å². The zero-order valence-corrected chi connectivity index (χ0v) is 10.5. The third kappa shape index (κ3) is 2.18. The van der Waals surface area contributed by atoms with E-state index in [1.165, 1.54) is 0 Å². The second-order valence-corrected chi connectivity index (χ2v) is 4.46. The summed E-state index contributed by atoms with van der Waals surface area (Å²) in [4.78, 5) is 11.6. The molecule has 0 saturated heterocycles. The van der Waals surface area contributed by atoms with Gasteiger partial charge in [-0.15, -0.1) is 0 Å². The van der Waals surface area contributed by atoms with Gasteiger partial charge in [0.25, 0.3) is 0 Å². The molecular weight excluding hydrogens is 216 g/mol. The molecule has 1 heterocycles. The third-order valence-electron chi connectivity index (χ3n) is 2.80. The molecule has 0 aliphatic carbocycles. The van der Waals surface area contributed by atoms with Crippen molar-refractivity contribution in [1.82, 2.24) is 0 Å². The van der Waals surface area contributed by atoms with Crippen molar-refractivity contribution in [3.8, 4) is 5.75 Å². The van der Waals surface area contributed by atoms with Crippen LogP contribution in [0.4, 0.5) is 0 Å². The van der Waals surface area contributed by atoms with E-state index in [1.807, 2.05) is 32.9 Å². The summed E-state index contributed by atoms with van der Waals surface area (Å²) in [5, 5.41) is 0.957. The zero-order chi connectivity index (χ0) is 12.6. The number of fused-ring (bicyclic) bond motifs is 1. The van der Waals surface area contributed by atoms with Gasteiger partial charge in [-0.2, -0.15) is 0 Å². The first-order valence-corrected chi connectivity index (χ1v) is 5.69. The lowest BCUT2D eigenvalue weighted by Crippen LogP contribution is -2.07. The van der Waals surface area contributed by atoms with Gasteiger partial charge in [0.05, 0.1) is 6.10 Å². The summed E-state index contributed by atoms with van der Waals surface area (Å²) in [5.41, 5.74) is 1.93. The molecule has 2 rings (SSSR count). The fraction of sp³-hybridized carbons (Fsp3) is 0.357. The number of benzene rings is 1. The molecule has 0 unspecified atom stereocenters. The highest BCUT2D eigenvalue weighted by atomic mass is 16.5. The van der Waals surface area contributed by atoms with Crippen molar-refractivity contribution < 1.29 is 9.15 Å². The number of hydrogen-bond donors (Lipinski definition) is 0. The molecular formula is C14H16O3. The van der Waals surface area contributed by atoms with Crippen LogP contribution in [0.3, 0.4) is 0 Å². The van der Waals surface area contributed by atoms with Gasteiger partial charge < -0.3 is 9.15 Å². The van der Waals surface area contributed by atoms with E-state index in [0.717, 1.165) is 16.7 Å². The Morgan fingerprint density at radius 1 is 1.18 bits per heavy atom. The minimum absolute atomic E-state index is 0.103. The van der Waals surface area contributed by atoms with Crippen LogP contribution in [-0.2, 0) is 0 Å². The van der Waals surface area contributed by atoms with E-state index in [2.05, 4.69) is 0 Å². The number of hydrogen-bond acceptors (Lipinski definition) is 3. The molecule has 0 aliphatic rings. The molecule has 0 saturated carbocycles. The van der Waals surface area contributed by atoms with Crippen LogP contribution < -0.4 is 10.4 Å². The van der Waals surface area contributed by atoms with Crippen LogP contribution in [-0.4, -0.2) is 6.10 Å². The molecule has 3 heteroatoms. The van der Waals surface area contributed by atoms with Gasteiger partial charge >= 0.3 is 5.63 Å². The van der Waals surface area contributed by atoms with E-state index in [4.69, 9.17) is 9.15 Å². The molecule has 0 N–H and O–H groups in total. The van der Waals surface area contributed by atoms with Gasteiger partial charge in [-0.05, 0) is 45.4 Å². The van der Waals surface area contributed by atoms with Crippen LogP contribution in [0.15, 0.2) is 27.4 Å². The molecule has 0 aliphatic heterocycles. The molecule has 0 fully saturated rings. The molecule has 90 valence electrons. The van der Waals surface area contributed by atoms with Gasteiger partial charge in [-0.1, -0.05) is 0 Å². The van der Waals surface area contributed by atoms with Crippen molar-refractivity contribution in [3.05, 3.63) is 39.7 Å². The second kappa shape index (κ2) is 4.24. The molecule has 2 aromatic rings. The topological polar surface area (TPSA) is 39.4 Å². The highest BCUT2D eigenvalue weighted by molar-refractivity contribution is 5.82. The molecule has 1 aromatic heterocycles. The maximum Gasteiger partial charge on any atom is 0.339 e. The molecule has 0 spiro atoms. The van der Waals surface area contributed by atoms with Crippen LogP contribution in [0.25, 0.3) is 11.0 Å². The van der Waals surface area contributed by atoms with E-state index in [0.29, 0.717) is 11.1 Å². The summed E-state index contributed by atoms with van der Waals surface area (Å²) >= 11 is 0. The number of ether oxygens (including phenoxy) is 1. The lowest BCUT2D eigenvalue weighted by molar-refractivity contribution is 0.242. The summed E-state index contributed by atoms with van der Waals surface area (Å²) in [6, 6.07) is 5.59. The Balaban J connectivity index is 2.63. The minimum Gasteiger partial charge on any atom is -0.491 e. The molecule has 1 aromatic carbocycles. The average Bonchev–Trinajstić information content (AvgIpc) is 2.25. The fourth-order valence-electron chi connectivity index (χ4n) is 1.77. The highest BCUT2D eigenvalue weighted by Gasteiger charge is 2.08. The van der Waals surface area contributed by atoms with E-state index in [9.17, 15) is 4.79 Å². The van der Waals surface area contributed by atoms with Crippen molar-refractivity contribution in [2.24, 2.45) is 0 Å². The Morgan fingerprint density at radius 2 is 1.88 bits per heavy atom. The van der Waals surface area contributed by atoms with Gasteiger partial charge in [0.2, 0.25) is 0 Å². The maximum absolute atomic E-state index is 11.6. The van der Waals surface area contributed by atoms with Crippen molar-refractivity contribution in [3.63, 3.8) is 0 Å². The number of rotatable bonds is 2. The summed E-state index contributed by atoms with van der Waals surface area (Å²) in [7, 11) is 0. The maximum atomic E-state index is 11.6. The SMILES string of the molecule is Cc1c(C)c2ccc(OC(C)C)cc2oc1=O. The molecule has 17 heavy (non-hydrogen) atoms. The molecule has 0 amide bonds. The largest absolute Gasteiger partial charge is 0.491 e. The lowest BCUT2D eigenvalue weighted by atomic mass is 10.1. The Morgan fingerprint density at radius 3 is 2.53 bits per heavy atom. The second-order valence-electron chi connectivity index (χ2n) is 4.46. The zero-order valence-electron chi connectivity index (χ0n) is 10.5. The van der Waals surface area contributed by atoms with Gasteiger partial charge in [0.15, 0.2) is 0 Å². The van der Waals surface area contributed by atoms with Gasteiger partial charge in [0, 0.05) is 17.0 Å². The van der Waals surface area contributed by atoms with E-state index in [1.54, 1.807) is 13.0 Å². The lowest BCUT2D eigenvalue weighted by Gasteiger charge is -2.10. The summed E-state index contributed by atoms with van der Waals surface area (Å²) in [6.45, 7) is 7.62. The van der Waals surface area contributed by atoms with E-state index >= 15 is 0 Å². The predicted molar refractivity (Wildman–Crippen MR) is 67.7 cm³/mol. The van der Waals surface area contributed by atoms with Crippen molar-refractivity contribution in [2.45, 2.75) is 33.8 Å². The standard InChI is InChI=1S/C14H16O3/c1-8(2)16-11-5-6-12-9(3)10(4)14(15)17-13(12)7-11/h5-8H,1-4H3. The van der Waals surface area contributed by atoms with Gasteiger partial charge in [-0.25, -0.2) is 4.79 Å². The first-order valence-electron chi connectivity index (χ1n) is 5.69. The predicted octanol–water partition coefficient (Wildman–Crippen LogP) is 3.20. The summed E-state index contributed by atoms with van der Waals surface area (Å²) in [5.74, 6) is 0.721. The van der Waals surface area contributed by atoms with Crippen molar-refractivity contribution in [1.29, 1.82) is 0 Å². The fourth-order valence-corrected chi connectivity index (χ4v) is 1.77. The smallest absolute Gasteiger partial charge is 0.339 e. The molecule has 0 bridgehead atoms. The first-order chi connectivity index (χ1) is 7.99. The number of aryl methyl sites for hydroxylation is 1. The quantitative estimate of drug-likeness (QED) is 0.746. The minimum atomic E-state index is -0.281. The molecule has 0 atom stereocenters. The van der Waals surface area contributed by atoms with Crippen LogP contribution >= 0.6 is 0 Å². The van der Waals surface area contributed by atoms with Gasteiger partial charge in [-0.3, -0.25) is 0 Å². The normalized spacial score (nSPS) is 11.1. The van der Waals surface area contributed by atoms with E-state index < -0.39 is 0 Å². The average molecular weight is 232 g/mol. The Hall–Kier alpha value is -1.77. The summed E-state index contributed by atoms with van der Waals surface area (Å²) < 4.78 is 10.8. The van der Waals surface area contributed by atoms with Crippen molar-refractivity contribution >= 4 is 11.0 Å². The molecule has 3 nitrogen and oxygen atoms in total. The van der Waals surface area contributed by atoms with Crippen molar-refractivity contribution in [2.75, 3.05) is 0 Å².